The fourth-order valence-corrected chi connectivity index (χ4v) is 4.13. The van der Waals surface area contributed by atoms with E-state index in [1.807, 2.05) is 30.3 Å². The molecule has 3 aromatic heterocycles. The van der Waals surface area contributed by atoms with Crippen molar-refractivity contribution in [3.63, 3.8) is 0 Å². The number of nitrogens with zero attached hydrogens (tertiary/aromatic N) is 8. The summed E-state index contributed by atoms with van der Waals surface area (Å²) < 4.78 is 0. The predicted octanol–water partition coefficient (Wildman–Crippen LogP) is 3.08. The topological polar surface area (TPSA) is 143 Å². The molecule has 4 aromatic rings. The summed E-state index contributed by atoms with van der Waals surface area (Å²) in [7, 11) is 0. The summed E-state index contributed by atoms with van der Waals surface area (Å²) in [4.78, 5) is 6.11. The van der Waals surface area contributed by atoms with Crippen LogP contribution in [0, 0.1) is 28.6 Å². The maximum atomic E-state index is 9.30. The van der Waals surface area contributed by atoms with Gasteiger partial charge >= 0.3 is 0 Å². The second-order valence-electron chi connectivity index (χ2n) is 7.75. The standard InChI is InChI=1S/C22H17N9/c23-6-5-22(10-14(11-22)12-24)31-27-13-20(30-31)17-8-15(18-3-4-21(25)29-28-18)9-19-16(17)2-1-7-26-19/h1-4,7-9,13-14H,5,10-11H2,(H2,25,29). The molecule has 1 aromatic carbocycles. The molecule has 0 radical (unpaired) electrons. The Morgan fingerprint density at radius 3 is 2.74 bits per heavy atom. The van der Waals surface area contributed by atoms with Crippen molar-refractivity contribution in [1.29, 1.82) is 10.5 Å². The van der Waals surface area contributed by atoms with Gasteiger partial charge in [0.25, 0.3) is 0 Å². The first-order valence-electron chi connectivity index (χ1n) is 9.80. The van der Waals surface area contributed by atoms with Crippen LogP contribution in [0.15, 0.2) is 48.8 Å². The number of aromatic nitrogens is 6. The van der Waals surface area contributed by atoms with Crippen molar-refractivity contribution in [2.45, 2.75) is 24.8 Å². The first-order chi connectivity index (χ1) is 15.1. The highest BCUT2D eigenvalue weighted by Crippen LogP contribution is 2.45. The molecule has 0 bridgehead atoms. The Kier molecular flexibility index (Phi) is 4.30. The summed E-state index contributed by atoms with van der Waals surface area (Å²) in [6, 6.07) is 15.8. The van der Waals surface area contributed by atoms with Crippen LogP contribution in [-0.4, -0.2) is 30.2 Å². The molecule has 0 amide bonds. The van der Waals surface area contributed by atoms with E-state index >= 15 is 0 Å². The third-order valence-corrected chi connectivity index (χ3v) is 5.74. The molecule has 31 heavy (non-hydrogen) atoms. The van der Waals surface area contributed by atoms with Gasteiger partial charge in [0.05, 0.1) is 47.4 Å². The average Bonchev–Trinajstić information content (AvgIpc) is 3.26. The molecule has 9 heteroatoms. The molecule has 0 atom stereocenters. The van der Waals surface area contributed by atoms with E-state index in [4.69, 9.17) is 10.8 Å². The lowest BCUT2D eigenvalue weighted by Crippen LogP contribution is -2.47. The van der Waals surface area contributed by atoms with Gasteiger partial charge in [-0.25, -0.2) is 0 Å². The van der Waals surface area contributed by atoms with E-state index in [1.165, 1.54) is 0 Å². The SMILES string of the molecule is N#CCC1(n2ncc(-c3cc(-c4ccc(N)nn4)cc4ncccc34)n2)CC(C#N)C1. The number of nitriles is 2. The maximum Gasteiger partial charge on any atom is 0.146 e. The van der Waals surface area contributed by atoms with Crippen LogP contribution in [0.4, 0.5) is 5.82 Å². The Labute approximate surface area is 177 Å². The monoisotopic (exact) mass is 407 g/mol. The Morgan fingerprint density at radius 1 is 1.13 bits per heavy atom. The minimum atomic E-state index is -0.526. The van der Waals surface area contributed by atoms with Crippen LogP contribution in [0.2, 0.25) is 0 Å². The highest BCUT2D eigenvalue weighted by Gasteiger charge is 2.48. The van der Waals surface area contributed by atoms with Gasteiger partial charge in [0, 0.05) is 22.7 Å². The summed E-state index contributed by atoms with van der Waals surface area (Å²) in [6.07, 6.45) is 4.85. The van der Waals surface area contributed by atoms with Gasteiger partial charge in [-0.1, -0.05) is 6.07 Å². The lowest BCUT2D eigenvalue weighted by molar-refractivity contribution is 0.0713. The van der Waals surface area contributed by atoms with Crippen molar-refractivity contribution in [2.24, 2.45) is 5.92 Å². The van der Waals surface area contributed by atoms with Crippen molar-refractivity contribution in [2.75, 3.05) is 5.73 Å². The molecule has 1 saturated carbocycles. The smallest absolute Gasteiger partial charge is 0.146 e. The molecule has 5 rings (SSSR count). The molecule has 0 aliphatic heterocycles. The molecule has 2 N–H and O–H groups in total. The molecule has 0 spiro atoms. The van der Waals surface area contributed by atoms with Crippen LogP contribution >= 0.6 is 0 Å². The predicted molar refractivity (Wildman–Crippen MR) is 113 cm³/mol. The van der Waals surface area contributed by atoms with Gasteiger partial charge in [-0.2, -0.15) is 25.5 Å². The Morgan fingerprint density at radius 2 is 2.00 bits per heavy atom. The number of hydrogen-bond acceptors (Lipinski definition) is 8. The Bertz CT molecular complexity index is 1350. The van der Waals surface area contributed by atoms with Crippen molar-refractivity contribution in [1.82, 2.24) is 30.2 Å². The number of hydrogen-bond donors (Lipinski definition) is 1. The zero-order valence-electron chi connectivity index (χ0n) is 16.5. The average molecular weight is 407 g/mol. The molecule has 3 heterocycles. The Hall–Kier alpha value is -4.37. The first kappa shape index (κ1) is 18.6. The molecule has 9 nitrogen and oxygen atoms in total. The summed E-state index contributed by atoms with van der Waals surface area (Å²) in [5.41, 5.74) is 8.97. The van der Waals surface area contributed by atoms with Crippen molar-refractivity contribution in [3.05, 3.63) is 48.8 Å². The zero-order chi connectivity index (χ0) is 21.4. The summed E-state index contributed by atoms with van der Waals surface area (Å²) >= 11 is 0. The number of nitrogens with two attached hydrogens (primary N) is 1. The fraction of sp³-hybridized carbons (Fsp3) is 0.227. The zero-order valence-corrected chi connectivity index (χ0v) is 16.5. The van der Waals surface area contributed by atoms with E-state index in [9.17, 15) is 10.5 Å². The number of fused-ring (bicyclic) bond motifs is 1. The van der Waals surface area contributed by atoms with Crippen LogP contribution in [0.5, 0.6) is 0 Å². The van der Waals surface area contributed by atoms with E-state index in [-0.39, 0.29) is 12.3 Å². The van der Waals surface area contributed by atoms with Gasteiger partial charge < -0.3 is 5.73 Å². The second kappa shape index (κ2) is 7.15. The molecule has 1 fully saturated rings. The largest absolute Gasteiger partial charge is 0.382 e. The van der Waals surface area contributed by atoms with Gasteiger partial charge in [0.2, 0.25) is 0 Å². The lowest BCUT2D eigenvalue weighted by Gasteiger charge is -2.42. The number of rotatable bonds is 4. The molecule has 1 aliphatic carbocycles. The minimum Gasteiger partial charge on any atom is -0.382 e. The number of anilines is 1. The summed E-state index contributed by atoms with van der Waals surface area (Å²) in [5.74, 6) is 0.282. The third kappa shape index (κ3) is 3.13. The quantitative estimate of drug-likeness (QED) is 0.543. The maximum absolute atomic E-state index is 9.30. The van der Waals surface area contributed by atoms with E-state index in [0.717, 1.165) is 22.0 Å². The third-order valence-electron chi connectivity index (χ3n) is 5.74. The Balaban J connectivity index is 1.62. The normalized spacial score (nSPS) is 20.0. The highest BCUT2D eigenvalue weighted by molar-refractivity contribution is 5.96. The van der Waals surface area contributed by atoms with E-state index in [2.05, 4.69) is 32.4 Å². The molecular weight excluding hydrogens is 390 g/mol. The molecular formula is C22H17N9. The molecule has 0 unspecified atom stereocenters. The van der Waals surface area contributed by atoms with Gasteiger partial charge in [-0.05, 0) is 43.2 Å². The van der Waals surface area contributed by atoms with Crippen molar-refractivity contribution >= 4 is 16.7 Å². The van der Waals surface area contributed by atoms with Gasteiger partial charge in [0.15, 0.2) is 0 Å². The molecule has 0 saturated heterocycles. The van der Waals surface area contributed by atoms with Crippen LogP contribution in [0.25, 0.3) is 33.4 Å². The molecule has 1 aliphatic rings. The summed E-state index contributed by atoms with van der Waals surface area (Å²) in [5, 5.41) is 36.7. The summed E-state index contributed by atoms with van der Waals surface area (Å²) in [6.45, 7) is 0. The number of pyridine rings is 1. The first-order valence-corrected chi connectivity index (χ1v) is 9.80. The second-order valence-corrected chi connectivity index (χ2v) is 7.75. The van der Waals surface area contributed by atoms with Gasteiger partial charge in [-0.15, -0.1) is 10.2 Å². The van der Waals surface area contributed by atoms with E-state index < -0.39 is 5.54 Å². The minimum absolute atomic E-state index is 0.0692. The van der Waals surface area contributed by atoms with Crippen LogP contribution in [0.1, 0.15) is 19.3 Å². The number of nitrogen functional groups attached to an aromatic ring is 1. The molecule has 150 valence electrons. The number of benzene rings is 1. The van der Waals surface area contributed by atoms with Crippen LogP contribution < -0.4 is 5.73 Å². The highest BCUT2D eigenvalue weighted by atomic mass is 15.5. The van der Waals surface area contributed by atoms with Gasteiger partial charge in [0.1, 0.15) is 11.5 Å². The van der Waals surface area contributed by atoms with Gasteiger partial charge in [-0.3, -0.25) is 4.98 Å². The van der Waals surface area contributed by atoms with Crippen molar-refractivity contribution < 1.29 is 0 Å². The van der Waals surface area contributed by atoms with E-state index in [1.54, 1.807) is 23.3 Å². The van der Waals surface area contributed by atoms with E-state index in [0.29, 0.717) is 30.0 Å². The fourth-order valence-electron chi connectivity index (χ4n) is 4.13. The lowest BCUT2D eigenvalue weighted by atomic mass is 9.68. The van der Waals surface area contributed by atoms with Crippen molar-refractivity contribution in [3.8, 4) is 34.7 Å². The van der Waals surface area contributed by atoms with Crippen LogP contribution in [-0.2, 0) is 5.54 Å². The van der Waals surface area contributed by atoms with Crippen LogP contribution in [0.3, 0.4) is 0 Å².